The molecule has 0 fully saturated rings. The third-order valence-corrected chi connectivity index (χ3v) is 3.65. The van der Waals surface area contributed by atoms with Gasteiger partial charge < -0.3 is 18.9 Å². The Kier molecular flexibility index (Phi) is 7.90. The van der Waals surface area contributed by atoms with Crippen molar-refractivity contribution in [3.8, 4) is 23.0 Å². The summed E-state index contributed by atoms with van der Waals surface area (Å²) in [6.45, 7) is 6.39. The molecule has 7 heteroatoms. The quantitative estimate of drug-likeness (QED) is 0.386. The van der Waals surface area contributed by atoms with E-state index in [2.05, 4.69) is 17.1 Å². The minimum atomic E-state index is -0.372. The molecule has 0 aliphatic heterocycles. The van der Waals surface area contributed by atoms with Crippen LogP contribution in [-0.4, -0.2) is 39.6 Å². The first-order valence-corrected chi connectivity index (χ1v) is 8.68. The third-order valence-electron chi connectivity index (χ3n) is 3.65. The molecule has 0 heterocycles. The van der Waals surface area contributed by atoms with Crippen molar-refractivity contribution in [3.63, 3.8) is 0 Å². The zero-order chi connectivity index (χ0) is 20.4. The SMILES string of the molecule is C=CCOc1ccc(C(=O)N/N=C/c2ccc(OCC)c(OC)c2)cc1OC. The van der Waals surface area contributed by atoms with E-state index in [1.807, 2.05) is 13.0 Å². The van der Waals surface area contributed by atoms with Crippen molar-refractivity contribution in [2.45, 2.75) is 6.92 Å². The number of nitrogens with zero attached hydrogens (tertiary/aromatic N) is 1. The summed E-state index contributed by atoms with van der Waals surface area (Å²) >= 11 is 0. The van der Waals surface area contributed by atoms with Crippen molar-refractivity contribution in [3.05, 3.63) is 60.2 Å². The Morgan fingerprint density at radius 1 is 1.04 bits per heavy atom. The second-order valence-corrected chi connectivity index (χ2v) is 5.51. The molecule has 0 aliphatic rings. The lowest BCUT2D eigenvalue weighted by atomic mass is 10.2. The molecule has 0 aliphatic carbocycles. The molecular weight excluding hydrogens is 360 g/mol. The van der Waals surface area contributed by atoms with Crippen molar-refractivity contribution in [2.24, 2.45) is 5.10 Å². The molecule has 0 bridgehead atoms. The highest BCUT2D eigenvalue weighted by Crippen LogP contribution is 2.28. The molecule has 0 saturated carbocycles. The Morgan fingerprint density at radius 2 is 1.71 bits per heavy atom. The van der Waals surface area contributed by atoms with Crippen molar-refractivity contribution in [1.82, 2.24) is 5.43 Å². The van der Waals surface area contributed by atoms with Gasteiger partial charge >= 0.3 is 0 Å². The molecule has 2 aromatic rings. The van der Waals surface area contributed by atoms with Crippen LogP contribution in [0.1, 0.15) is 22.8 Å². The van der Waals surface area contributed by atoms with Gasteiger partial charge in [0.25, 0.3) is 5.91 Å². The van der Waals surface area contributed by atoms with Gasteiger partial charge in [-0.15, -0.1) is 0 Å². The average Bonchev–Trinajstić information content (AvgIpc) is 2.73. The molecule has 0 radical (unpaired) electrons. The largest absolute Gasteiger partial charge is 0.493 e. The molecule has 2 aromatic carbocycles. The van der Waals surface area contributed by atoms with Crippen LogP contribution in [0, 0.1) is 0 Å². The van der Waals surface area contributed by atoms with Gasteiger partial charge in [-0.05, 0) is 48.9 Å². The van der Waals surface area contributed by atoms with Gasteiger partial charge in [-0.3, -0.25) is 4.79 Å². The number of carbonyl (C=O) groups is 1. The molecule has 0 unspecified atom stereocenters. The average molecular weight is 384 g/mol. The van der Waals surface area contributed by atoms with Gasteiger partial charge in [-0.25, -0.2) is 5.43 Å². The Bertz CT molecular complexity index is 849. The van der Waals surface area contributed by atoms with Gasteiger partial charge in [0.2, 0.25) is 0 Å². The summed E-state index contributed by atoms with van der Waals surface area (Å²) in [6.07, 6.45) is 3.15. The highest BCUT2D eigenvalue weighted by molar-refractivity contribution is 5.95. The zero-order valence-electron chi connectivity index (χ0n) is 16.2. The van der Waals surface area contributed by atoms with E-state index in [9.17, 15) is 4.79 Å². The minimum absolute atomic E-state index is 0.345. The maximum Gasteiger partial charge on any atom is 0.271 e. The van der Waals surface area contributed by atoms with Crippen LogP contribution in [0.3, 0.4) is 0 Å². The van der Waals surface area contributed by atoms with E-state index in [-0.39, 0.29) is 5.91 Å². The van der Waals surface area contributed by atoms with E-state index in [0.29, 0.717) is 41.8 Å². The fourth-order valence-corrected chi connectivity index (χ4v) is 2.35. The van der Waals surface area contributed by atoms with Crippen LogP contribution in [-0.2, 0) is 0 Å². The summed E-state index contributed by atoms with van der Waals surface area (Å²) in [5, 5.41) is 3.99. The van der Waals surface area contributed by atoms with E-state index < -0.39 is 0 Å². The fourth-order valence-electron chi connectivity index (χ4n) is 2.35. The molecule has 2 rings (SSSR count). The van der Waals surface area contributed by atoms with Crippen LogP contribution in [0.25, 0.3) is 0 Å². The fraction of sp³-hybridized carbons (Fsp3) is 0.238. The number of methoxy groups -OCH3 is 2. The molecule has 0 saturated heterocycles. The number of rotatable bonds is 10. The van der Waals surface area contributed by atoms with Crippen molar-refractivity contribution >= 4 is 12.1 Å². The Balaban J connectivity index is 2.06. The number of hydrogen-bond acceptors (Lipinski definition) is 6. The van der Waals surface area contributed by atoms with Gasteiger partial charge in [-0.1, -0.05) is 12.7 Å². The van der Waals surface area contributed by atoms with Gasteiger partial charge in [0, 0.05) is 5.56 Å². The third kappa shape index (κ3) is 5.51. The molecule has 7 nitrogen and oxygen atoms in total. The van der Waals surface area contributed by atoms with Gasteiger partial charge in [0.1, 0.15) is 6.61 Å². The second kappa shape index (κ2) is 10.6. The molecule has 28 heavy (non-hydrogen) atoms. The van der Waals surface area contributed by atoms with E-state index in [1.54, 1.807) is 43.5 Å². The van der Waals surface area contributed by atoms with Crippen LogP contribution >= 0.6 is 0 Å². The first-order valence-electron chi connectivity index (χ1n) is 8.68. The van der Waals surface area contributed by atoms with Crippen molar-refractivity contribution < 1.29 is 23.7 Å². The minimum Gasteiger partial charge on any atom is -0.493 e. The molecule has 148 valence electrons. The molecule has 0 aromatic heterocycles. The first-order chi connectivity index (χ1) is 13.6. The maximum absolute atomic E-state index is 12.3. The zero-order valence-corrected chi connectivity index (χ0v) is 16.2. The van der Waals surface area contributed by atoms with Crippen LogP contribution in [0.5, 0.6) is 23.0 Å². The van der Waals surface area contributed by atoms with E-state index in [1.165, 1.54) is 13.3 Å². The van der Waals surface area contributed by atoms with E-state index in [0.717, 1.165) is 5.56 Å². The smallest absolute Gasteiger partial charge is 0.271 e. The number of hydrazone groups is 1. The topological polar surface area (TPSA) is 78.4 Å². The monoisotopic (exact) mass is 384 g/mol. The Hall–Kier alpha value is -3.48. The molecule has 0 atom stereocenters. The number of benzene rings is 2. The molecular formula is C21H24N2O5. The lowest BCUT2D eigenvalue weighted by Crippen LogP contribution is -2.17. The number of ether oxygens (including phenoxy) is 4. The summed E-state index contributed by atoms with van der Waals surface area (Å²) < 4.78 is 21.5. The maximum atomic E-state index is 12.3. The molecule has 1 N–H and O–H groups in total. The van der Waals surface area contributed by atoms with Crippen molar-refractivity contribution in [2.75, 3.05) is 27.4 Å². The van der Waals surface area contributed by atoms with Gasteiger partial charge in [0.15, 0.2) is 23.0 Å². The Morgan fingerprint density at radius 3 is 2.39 bits per heavy atom. The van der Waals surface area contributed by atoms with Crippen LogP contribution in [0.4, 0.5) is 0 Å². The summed E-state index contributed by atoms with van der Waals surface area (Å²) in [7, 11) is 3.08. The lowest BCUT2D eigenvalue weighted by molar-refractivity contribution is 0.0954. The number of nitrogens with one attached hydrogen (secondary N) is 1. The predicted molar refractivity (Wildman–Crippen MR) is 108 cm³/mol. The highest BCUT2D eigenvalue weighted by atomic mass is 16.5. The van der Waals surface area contributed by atoms with Crippen LogP contribution in [0.2, 0.25) is 0 Å². The normalized spacial score (nSPS) is 10.4. The van der Waals surface area contributed by atoms with Gasteiger partial charge in [-0.2, -0.15) is 5.10 Å². The number of carbonyl (C=O) groups excluding carboxylic acids is 1. The first kappa shape index (κ1) is 20.8. The van der Waals surface area contributed by atoms with E-state index in [4.69, 9.17) is 18.9 Å². The van der Waals surface area contributed by atoms with Crippen molar-refractivity contribution in [1.29, 1.82) is 0 Å². The van der Waals surface area contributed by atoms with Crippen LogP contribution < -0.4 is 24.4 Å². The molecule has 1 amide bonds. The number of hydrogen-bond donors (Lipinski definition) is 1. The van der Waals surface area contributed by atoms with Gasteiger partial charge in [0.05, 0.1) is 27.0 Å². The standard InChI is InChI=1S/C21H24N2O5/c1-5-11-28-18-10-8-16(13-20(18)26-4)21(24)23-22-14-15-7-9-17(27-6-2)19(12-15)25-3/h5,7-10,12-14H,1,6,11H2,2-4H3,(H,23,24)/b22-14+. The summed E-state index contributed by atoms with van der Waals surface area (Å²) in [5.41, 5.74) is 3.63. The Labute approximate surface area is 164 Å². The lowest BCUT2D eigenvalue weighted by Gasteiger charge is -2.10. The second-order valence-electron chi connectivity index (χ2n) is 5.51. The van der Waals surface area contributed by atoms with E-state index >= 15 is 0 Å². The number of amides is 1. The summed E-state index contributed by atoms with van der Waals surface area (Å²) in [6, 6.07) is 10.3. The summed E-state index contributed by atoms with van der Waals surface area (Å²) in [5.74, 6) is 1.86. The summed E-state index contributed by atoms with van der Waals surface area (Å²) in [4.78, 5) is 12.3. The molecule has 0 spiro atoms. The predicted octanol–water partition coefficient (Wildman–Crippen LogP) is 3.43. The highest BCUT2D eigenvalue weighted by Gasteiger charge is 2.10. The van der Waals surface area contributed by atoms with Crippen LogP contribution in [0.15, 0.2) is 54.2 Å².